The lowest BCUT2D eigenvalue weighted by molar-refractivity contribution is -0.385. The van der Waals surface area contributed by atoms with Crippen molar-refractivity contribution in [2.75, 3.05) is 6.61 Å². The lowest BCUT2D eigenvalue weighted by Crippen LogP contribution is -2.41. The maximum absolute atomic E-state index is 12.7. The number of nitrogens with zero attached hydrogens (tertiary/aromatic N) is 2. The van der Waals surface area contributed by atoms with Gasteiger partial charge in [-0.2, -0.15) is 0 Å². The minimum absolute atomic E-state index is 0.0891. The van der Waals surface area contributed by atoms with Crippen LogP contribution in [0, 0.1) is 10.1 Å². The first kappa shape index (κ1) is 17.7. The normalized spacial score (nSPS) is 16.4. The molecule has 2 amide bonds. The highest BCUT2D eigenvalue weighted by molar-refractivity contribution is 6.34. The van der Waals surface area contributed by atoms with Crippen LogP contribution in [0.2, 0.25) is 0 Å². The van der Waals surface area contributed by atoms with Gasteiger partial charge in [0.25, 0.3) is 5.69 Å². The maximum atomic E-state index is 12.7. The van der Waals surface area contributed by atoms with Crippen LogP contribution in [0.25, 0.3) is 0 Å². The fourth-order valence-electron chi connectivity index (χ4n) is 2.99. The summed E-state index contributed by atoms with van der Waals surface area (Å²) in [6.07, 6.45) is -0.637. The van der Waals surface area contributed by atoms with Crippen LogP contribution < -0.4 is 5.46 Å². The van der Waals surface area contributed by atoms with Crippen LogP contribution >= 0.6 is 0 Å². The summed E-state index contributed by atoms with van der Waals surface area (Å²) in [5.74, 6) is -0.575. The van der Waals surface area contributed by atoms with Crippen molar-refractivity contribution in [3.05, 3.63) is 69.8 Å². The Kier molecular flexibility index (Phi) is 5.02. The quantitative estimate of drug-likeness (QED) is 0.463. The van der Waals surface area contributed by atoms with Gasteiger partial charge < -0.3 is 4.74 Å². The molecule has 2 aromatic rings. The van der Waals surface area contributed by atoms with Crippen LogP contribution in [0.1, 0.15) is 11.1 Å². The van der Waals surface area contributed by atoms with Gasteiger partial charge in [0.05, 0.1) is 17.4 Å². The van der Waals surface area contributed by atoms with E-state index in [1.165, 1.54) is 18.2 Å². The molecule has 0 spiro atoms. The minimum Gasteiger partial charge on any atom is -0.447 e. The van der Waals surface area contributed by atoms with E-state index in [0.29, 0.717) is 6.42 Å². The number of ether oxygens (including phenoxy) is 1. The molecular formula is C18H15BN2O5. The number of amides is 2. The number of nitro benzene ring substituents is 1. The molecule has 0 aromatic heterocycles. The molecule has 1 aliphatic heterocycles. The summed E-state index contributed by atoms with van der Waals surface area (Å²) >= 11 is 0. The predicted octanol–water partition coefficient (Wildman–Crippen LogP) is 1.52. The monoisotopic (exact) mass is 350 g/mol. The van der Waals surface area contributed by atoms with E-state index in [2.05, 4.69) is 0 Å². The number of hydrogen-bond acceptors (Lipinski definition) is 5. The average molecular weight is 350 g/mol. The molecule has 130 valence electrons. The second-order valence-corrected chi connectivity index (χ2v) is 5.96. The molecule has 0 bridgehead atoms. The Morgan fingerprint density at radius 3 is 2.65 bits per heavy atom. The van der Waals surface area contributed by atoms with Gasteiger partial charge in [-0.05, 0) is 12.0 Å². The van der Waals surface area contributed by atoms with Gasteiger partial charge in [-0.25, -0.2) is 9.69 Å². The van der Waals surface area contributed by atoms with Crippen molar-refractivity contribution >= 4 is 31.0 Å². The molecule has 1 fully saturated rings. The van der Waals surface area contributed by atoms with Crippen LogP contribution in [0.3, 0.4) is 0 Å². The molecule has 3 rings (SSSR count). The van der Waals surface area contributed by atoms with E-state index in [1.54, 1.807) is 0 Å². The highest BCUT2D eigenvalue weighted by atomic mass is 16.6. The molecular weight excluding hydrogens is 335 g/mol. The zero-order valence-corrected chi connectivity index (χ0v) is 13.8. The van der Waals surface area contributed by atoms with Crippen molar-refractivity contribution in [3.8, 4) is 0 Å². The Morgan fingerprint density at radius 1 is 1.23 bits per heavy atom. The van der Waals surface area contributed by atoms with Crippen molar-refractivity contribution in [2.45, 2.75) is 18.9 Å². The molecule has 1 aliphatic rings. The van der Waals surface area contributed by atoms with Crippen LogP contribution in [-0.4, -0.2) is 42.3 Å². The fourth-order valence-corrected chi connectivity index (χ4v) is 2.99. The zero-order valence-electron chi connectivity index (χ0n) is 13.8. The first-order valence-corrected chi connectivity index (χ1v) is 8.02. The smallest absolute Gasteiger partial charge is 0.416 e. The molecule has 0 N–H and O–H groups in total. The standard InChI is InChI=1S/C18H15BN2O5/c19-15-7-4-8-16(21(24)25)14(15)10-17(22)20-13(11-26-18(20)23)9-12-5-2-1-3-6-12/h1-8,13H,9-11H2/t13-/m0/s1. The van der Waals surface area contributed by atoms with Gasteiger partial charge in [-0.1, -0.05) is 47.9 Å². The second-order valence-electron chi connectivity index (χ2n) is 5.96. The number of carbonyl (C=O) groups excluding carboxylic acids is 2. The van der Waals surface area contributed by atoms with Gasteiger partial charge >= 0.3 is 6.09 Å². The lowest BCUT2D eigenvalue weighted by Gasteiger charge is -2.20. The van der Waals surface area contributed by atoms with Gasteiger partial charge in [-0.15, -0.1) is 0 Å². The fraction of sp³-hybridized carbons (Fsp3) is 0.222. The molecule has 7 nitrogen and oxygen atoms in total. The van der Waals surface area contributed by atoms with Crippen LogP contribution in [-0.2, 0) is 22.4 Å². The van der Waals surface area contributed by atoms with Gasteiger partial charge in [0.15, 0.2) is 0 Å². The summed E-state index contributed by atoms with van der Waals surface area (Å²) in [7, 11) is 5.81. The minimum atomic E-state index is -0.743. The molecule has 1 heterocycles. The van der Waals surface area contributed by atoms with E-state index in [4.69, 9.17) is 12.6 Å². The largest absolute Gasteiger partial charge is 0.447 e. The van der Waals surface area contributed by atoms with E-state index in [0.717, 1.165) is 10.5 Å². The van der Waals surface area contributed by atoms with Crippen molar-refractivity contribution in [1.82, 2.24) is 4.90 Å². The number of cyclic esters (lactones) is 1. The topological polar surface area (TPSA) is 89.8 Å². The van der Waals surface area contributed by atoms with Crippen LogP contribution in [0.5, 0.6) is 0 Å². The Balaban J connectivity index is 1.82. The maximum Gasteiger partial charge on any atom is 0.416 e. The Bertz CT molecular complexity index is 856. The van der Waals surface area contributed by atoms with E-state index in [-0.39, 0.29) is 29.7 Å². The summed E-state index contributed by atoms with van der Waals surface area (Å²) in [4.78, 5) is 36.3. The van der Waals surface area contributed by atoms with Gasteiger partial charge in [0, 0.05) is 11.6 Å². The van der Waals surface area contributed by atoms with Gasteiger partial charge in [0.1, 0.15) is 14.5 Å². The van der Waals surface area contributed by atoms with E-state index >= 15 is 0 Å². The molecule has 0 saturated carbocycles. The Morgan fingerprint density at radius 2 is 1.96 bits per heavy atom. The Hall–Kier alpha value is -3.16. The molecule has 1 saturated heterocycles. The summed E-state index contributed by atoms with van der Waals surface area (Å²) in [6, 6.07) is 13.2. The predicted molar refractivity (Wildman–Crippen MR) is 94.3 cm³/mol. The summed E-state index contributed by atoms with van der Waals surface area (Å²) in [6.45, 7) is 0.0891. The third-order valence-electron chi connectivity index (χ3n) is 4.26. The number of benzene rings is 2. The summed E-state index contributed by atoms with van der Waals surface area (Å²) < 4.78 is 5.02. The first-order valence-electron chi connectivity index (χ1n) is 8.02. The molecule has 8 heteroatoms. The third kappa shape index (κ3) is 3.59. The van der Waals surface area contributed by atoms with Gasteiger partial charge in [-0.3, -0.25) is 14.9 Å². The van der Waals surface area contributed by atoms with Crippen molar-refractivity contribution in [3.63, 3.8) is 0 Å². The van der Waals surface area contributed by atoms with Crippen molar-refractivity contribution < 1.29 is 19.2 Å². The van der Waals surface area contributed by atoms with Crippen LogP contribution in [0.15, 0.2) is 48.5 Å². The summed E-state index contributed by atoms with van der Waals surface area (Å²) in [5, 5.41) is 11.2. The van der Waals surface area contributed by atoms with Gasteiger partial charge in [0.2, 0.25) is 5.91 Å². The highest BCUT2D eigenvalue weighted by Gasteiger charge is 2.38. The van der Waals surface area contributed by atoms with E-state index in [1.807, 2.05) is 30.3 Å². The number of imide groups is 1. The van der Waals surface area contributed by atoms with Crippen molar-refractivity contribution in [2.24, 2.45) is 0 Å². The summed E-state index contributed by atoms with van der Waals surface area (Å²) in [5.41, 5.74) is 0.949. The van der Waals surface area contributed by atoms with E-state index < -0.39 is 23.0 Å². The molecule has 26 heavy (non-hydrogen) atoms. The second kappa shape index (κ2) is 7.39. The molecule has 0 aliphatic carbocycles. The first-order chi connectivity index (χ1) is 12.5. The number of rotatable bonds is 5. The Labute approximate surface area is 151 Å². The van der Waals surface area contributed by atoms with Crippen molar-refractivity contribution in [1.29, 1.82) is 0 Å². The average Bonchev–Trinajstić information content (AvgIpc) is 2.97. The molecule has 1 atom stereocenters. The number of hydrogen-bond donors (Lipinski definition) is 0. The van der Waals surface area contributed by atoms with Crippen LogP contribution in [0.4, 0.5) is 10.5 Å². The molecule has 2 aromatic carbocycles. The third-order valence-corrected chi connectivity index (χ3v) is 4.26. The SMILES string of the molecule is [B]c1cccc([N+](=O)[O-])c1CC(=O)N1C(=O)OC[C@@H]1Cc1ccccc1. The zero-order chi connectivity index (χ0) is 18.7. The van der Waals surface area contributed by atoms with E-state index in [9.17, 15) is 19.7 Å². The molecule has 0 unspecified atom stereocenters. The molecule has 2 radical (unpaired) electrons. The highest BCUT2D eigenvalue weighted by Crippen LogP contribution is 2.21. The lowest BCUT2D eigenvalue weighted by atomic mass is 9.87. The number of nitro groups is 1. The number of carbonyl (C=O) groups is 2.